The molecule has 5 aromatic rings. The molecule has 0 atom stereocenters. The Morgan fingerprint density at radius 1 is 0.688 bits per heavy atom. The highest BCUT2D eigenvalue weighted by Gasteiger charge is 2.29. The zero-order valence-electron chi connectivity index (χ0n) is 27.4. The van der Waals surface area contributed by atoms with Gasteiger partial charge in [0.05, 0.1) is 11.4 Å². The first kappa shape index (κ1) is 28.7. The van der Waals surface area contributed by atoms with E-state index in [0.29, 0.717) is 0 Å². The van der Waals surface area contributed by atoms with Crippen molar-refractivity contribution in [3.05, 3.63) is 185 Å². The van der Waals surface area contributed by atoms with E-state index in [-0.39, 0.29) is 0 Å². The average Bonchev–Trinajstić information content (AvgIpc) is 3.85. The van der Waals surface area contributed by atoms with E-state index in [1.165, 1.54) is 72.3 Å². The number of hydrogen-bond acceptors (Lipinski definition) is 1. The lowest BCUT2D eigenvalue weighted by Gasteiger charge is -2.16. The van der Waals surface area contributed by atoms with Crippen molar-refractivity contribution in [2.45, 2.75) is 39.0 Å². The molecular formula is C47H37N. The Hall–Kier alpha value is -5.53. The number of benzene rings is 5. The highest BCUT2D eigenvalue weighted by Crippen LogP contribution is 2.49. The van der Waals surface area contributed by atoms with Gasteiger partial charge in [0.15, 0.2) is 0 Å². The standard InChI is InChI=1S/C47H37N/c1-3-5-12-30(4-2)31-21-23-32(24-22-31)46-29-36-25-35(39-17-10-18-40-37-15-8-6-13-33(37)26-43(39)40)28-45(47(36)48-46)42-20-11-19-41-38-16-9-7-14-34(38)27-44(41)42/h3-6,8-13,15-25,28H,2,7,14,26-27,29H2,1H3/b5-3-,30-12+. The first-order valence-electron chi connectivity index (χ1n) is 17.2. The molecule has 1 nitrogen and oxygen atoms in total. The van der Waals surface area contributed by atoms with E-state index in [2.05, 4.69) is 128 Å². The van der Waals surface area contributed by atoms with Gasteiger partial charge in [0, 0.05) is 12.0 Å². The van der Waals surface area contributed by atoms with E-state index in [4.69, 9.17) is 4.99 Å². The van der Waals surface area contributed by atoms with Crippen LogP contribution < -0.4 is 0 Å². The van der Waals surface area contributed by atoms with Crippen molar-refractivity contribution >= 4 is 22.5 Å². The molecule has 0 saturated heterocycles. The molecule has 4 aliphatic rings. The molecule has 230 valence electrons. The number of fused-ring (bicyclic) bond motifs is 6. The number of hydrogen-bond donors (Lipinski definition) is 0. The van der Waals surface area contributed by atoms with E-state index in [1.54, 1.807) is 5.57 Å². The second-order valence-electron chi connectivity index (χ2n) is 13.3. The lowest BCUT2D eigenvalue weighted by atomic mass is 9.87. The lowest BCUT2D eigenvalue weighted by molar-refractivity contribution is 0.935. The van der Waals surface area contributed by atoms with Crippen LogP contribution in [0.15, 0.2) is 151 Å². The van der Waals surface area contributed by atoms with Crippen molar-refractivity contribution in [3.8, 4) is 33.4 Å². The third-order valence-corrected chi connectivity index (χ3v) is 10.6. The summed E-state index contributed by atoms with van der Waals surface area (Å²) in [5.41, 5.74) is 23.7. The Morgan fingerprint density at radius 3 is 2.27 bits per heavy atom. The van der Waals surface area contributed by atoms with Crippen molar-refractivity contribution in [2.75, 3.05) is 0 Å². The molecule has 0 bridgehead atoms. The second kappa shape index (κ2) is 11.6. The SMILES string of the molecule is C=C/C(=C\C=C/C)c1ccc(C2=Nc3c(cc(-c4cccc5c4Cc4ccccc4-5)cc3-c3cccc4c3CC3=C4C=CCC3)C2)cc1. The van der Waals surface area contributed by atoms with Gasteiger partial charge in [0.2, 0.25) is 0 Å². The van der Waals surface area contributed by atoms with Gasteiger partial charge < -0.3 is 0 Å². The van der Waals surface area contributed by atoms with Crippen LogP contribution >= 0.6 is 0 Å². The molecule has 1 aliphatic heterocycles. The Bertz CT molecular complexity index is 2320. The number of rotatable bonds is 6. The van der Waals surface area contributed by atoms with Gasteiger partial charge in [-0.1, -0.05) is 134 Å². The third-order valence-electron chi connectivity index (χ3n) is 10.6. The molecule has 3 aliphatic carbocycles. The normalized spacial score (nSPS) is 15.7. The number of nitrogens with zero attached hydrogens (tertiary/aromatic N) is 1. The molecule has 0 amide bonds. The van der Waals surface area contributed by atoms with Gasteiger partial charge in [0.1, 0.15) is 0 Å². The van der Waals surface area contributed by atoms with Crippen LogP contribution in [-0.4, -0.2) is 5.71 Å². The zero-order valence-corrected chi connectivity index (χ0v) is 27.4. The predicted octanol–water partition coefficient (Wildman–Crippen LogP) is 12.1. The monoisotopic (exact) mass is 615 g/mol. The lowest BCUT2D eigenvalue weighted by Crippen LogP contribution is -2.00. The fourth-order valence-electron chi connectivity index (χ4n) is 8.28. The maximum atomic E-state index is 5.44. The van der Waals surface area contributed by atoms with Gasteiger partial charge in [0.25, 0.3) is 0 Å². The van der Waals surface area contributed by atoms with Crippen LogP contribution in [0.4, 0.5) is 5.69 Å². The second-order valence-corrected chi connectivity index (χ2v) is 13.3. The Labute approximate surface area is 283 Å². The molecule has 48 heavy (non-hydrogen) atoms. The fourth-order valence-corrected chi connectivity index (χ4v) is 8.28. The molecule has 9 rings (SSSR count). The quantitative estimate of drug-likeness (QED) is 0.165. The Balaban J connectivity index is 1.18. The minimum Gasteiger partial charge on any atom is -0.252 e. The first-order chi connectivity index (χ1) is 23.7. The van der Waals surface area contributed by atoms with Crippen LogP contribution in [0.2, 0.25) is 0 Å². The van der Waals surface area contributed by atoms with Gasteiger partial charge in [-0.2, -0.15) is 0 Å². The summed E-state index contributed by atoms with van der Waals surface area (Å²) in [6.45, 7) is 6.07. The molecule has 0 aromatic heterocycles. The summed E-state index contributed by atoms with van der Waals surface area (Å²) in [6, 6.07) is 36.3. The van der Waals surface area contributed by atoms with Crippen molar-refractivity contribution in [3.63, 3.8) is 0 Å². The van der Waals surface area contributed by atoms with Gasteiger partial charge in [-0.25, -0.2) is 0 Å². The third kappa shape index (κ3) is 4.65. The molecule has 0 fully saturated rings. The van der Waals surface area contributed by atoms with E-state index in [1.807, 2.05) is 19.1 Å². The molecule has 1 heteroatoms. The topological polar surface area (TPSA) is 12.4 Å². The smallest absolute Gasteiger partial charge is 0.0748 e. The highest BCUT2D eigenvalue weighted by atomic mass is 14.8. The number of allylic oxidation sites excluding steroid dienone is 9. The van der Waals surface area contributed by atoms with Crippen molar-refractivity contribution in [1.29, 1.82) is 0 Å². The minimum atomic E-state index is 0.819. The molecule has 0 N–H and O–H groups in total. The molecule has 0 unspecified atom stereocenters. The molecule has 1 heterocycles. The molecule has 0 spiro atoms. The summed E-state index contributed by atoms with van der Waals surface area (Å²) < 4.78 is 0. The van der Waals surface area contributed by atoms with Gasteiger partial charge in [-0.3, -0.25) is 4.99 Å². The summed E-state index contributed by atoms with van der Waals surface area (Å²) in [5, 5.41) is 0. The van der Waals surface area contributed by atoms with Crippen LogP contribution in [0.5, 0.6) is 0 Å². The summed E-state index contributed by atoms with van der Waals surface area (Å²) in [5.74, 6) is 0. The molecule has 0 radical (unpaired) electrons. The summed E-state index contributed by atoms with van der Waals surface area (Å²) in [4.78, 5) is 5.44. The van der Waals surface area contributed by atoms with Crippen LogP contribution in [0.25, 0.3) is 44.5 Å². The van der Waals surface area contributed by atoms with E-state index in [9.17, 15) is 0 Å². The van der Waals surface area contributed by atoms with Crippen LogP contribution in [-0.2, 0) is 19.3 Å². The zero-order chi connectivity index (χ0) is 32.2. The van der Waals surface area contributed by atoms with E-state index >= 15 is 0 Å². The maximum Gasteiger partial charge on any atom is 0.0748 e. The highest BCUT2D eigenvalue weighted by molar-refractivity contribution is 6.09. The summed E-state index contributed by atoms with van der Waals surface area (Å²) in [6.07, 6.45) is 17.9. The average molecular weight is 616 g/mol. The van der Waals surface area contributed by atoms with Gasteiger partial charge >= 0.3 is 0 Å². The number of aliphatic imine (C=N–C) groups is 1. The van der Waals surface area contributed by atoms with Gasteiger partial charge in [-0.05, 0) is 123 Å². The molecular weight excluding hydrogens is 579 g/mol. The van der Waals surface area contributed by atoms with Crippen LogP contribution in [0.3, 0.4) is 0 Å². The van der Waals surface area contributed by atoms with Crippen LogP contribution in [0.1, 0.15) is 58.7 Å². The molecule has 5 aromatic carbocycles. The fraction of sp³-hybridized carbons (Fsp3) is 0.128. The van der Waals surface area contributed by atoms with Crippen molar-refractivity contribution in [2.24, 2.45) is 4.99 Å². The summed E-state index contributed by atoms with van der Waals surface area (Å²) >= 11 is 0. The van der Waals surface area contributed by atoms with E-state index < -0.39 is 0 Å². The van der Waals surface area contributed by atoms with Crippen LogP contribution in [0, 0.1) is 0 Å². The minimum absolute atomic E-state index is 0.819. The molecule has 0 saturated carbocycles. The first-order valence-corrected chi connectivity index (χ1v) is 17.2. The maximum absolute atomic E-state index is 5.44. The van der Waals surface area contributed by atoms with Gasteiger partial charge in [-0.15, -0.1) is 0 Å². The summed E-state index contributed by atoms with van der Waals surface area (Å²) in [7, 11) is 0. The Kier molecular flexibility index (Phi) is 6.94. The predicted molar refractivity (Wildman–Crippen MR) is 204 cm³/mol. The Morgan fingerprint density at radius 2 is 1.44 bits per heavy atom. The van der Waals surface area contributed by atoms with Crippen molar-refractivity contribution in [1.82, 2.24) is 0 Å². The largest absolute Gasteiger partial charge is 0.252 e. The van der Waals surface area contributed by atoms with Crippen molar-refractivity contribution < 1.29 is 0 Å². The van der Waals surface area contributed by atoms with E-state index in [0.717, 1.165) is 54.6 Å².